The molecular formula is C21H16BrClN2O3S. The molecule has 0 spiro atoms. The highest BCUT2D eigenvalue weighted by Crippen LogP contribution is 2.38. The zero-order valence-electron chi connectivity index (χ0n) is 15.6. The number of ether oxygens (including phenoxy) is 2. The number of methoxy groups -OCH3 is 1. The Balaban J connectivity index is 1.89. The second-order valence-corrected chi connectivity index (χ2v) is 8.18. The number of carbonyl (C=O) groups is 1. The molecular weight excluding hydrogens is 476 g/mol. The summed E-state index contributed by atoms with van der Waals surface area (Å²) in [6, 6.07) is 9.06. The summed E-state index contributed by atoms with van der Waals surface area (Å²) < 4.78 is 11.6. The number of nitrogens with zero attached hydrogens (tertiary/aromatic N) is 1. The summed E-state index contributed by atoms with van der Waals surface area (Å²) in [6.45, 7) is 2.00. The average molecular weight is 492 g/mol. The molecule has 29 heavy (non-hydrogen) atoms. The normalized spacial score (nSPS) is 16.0. The Labute approximate surface area is 186 Å². The van der Waals surface area contributed by atoms with E-state index in [1.54, 1.807) is 18.2 Å². The van der Waals surface area contributed by atoms with E-state index in [-0.39, 0.29) is 12.5 Å². The van der Waals surface area contributed by atoms with E-state index >= 15 is 0 Å². The Morgan fingerprint density at radius 1 is 1.41 bits per heavy atom. The van der Waals surface area contributed by atoms with Crippen molar-refractivity contribution < 1.29 is 14.3 Å². The summed E-state index contributed by atoms with van der Waals surface area (Å²) in [6.07, 6.45) is 7.01. The van der Waals surface area contributed by atoms with Gasteiger partial charge in [-0.05, 0) is 76.1 Å². The topological polar surface area (TPSA) is 59.9 Å². The standard InChI is InChI=1S/C21H16BrClN2O3S/c1-4-8-28-19-14(22)9-13(10-17(19)27-3)11-18-20(26)25-21(29-18)24-16-7-5-6-15(23)12(16)2/h1,5-7,9-11H,8H2,2-3H3,(H,24,25,26)/b18-11+. The summed E-state index contributed by atoms with van der Waals surface area (Å²) in [5.41, 5.74) is 2.32. The first-order valence-corrected chi connectivity index (χ1v) is 10.4. The number of halogens is 2. The van der Waals surface area contributed by atoms with Crippen LogP contribution in [0, 0.1) is 19.3 Å². The molecule has 0 aliphatic carbocycles. The summed E-state index contributed by atoms with van der Waals surface area (Å²) >= 11 is 10.9. The average Bonchev–Trinajstić information content (AvgIpc) is 3.03. The molecule has 1 heterocycles. The lowest BCUT2D eigenvalue weighted by Gasteiger charge is -2.12. The van der Waals surface area contributed by atoms with Crippen LogP contribution in [0.4, 0.5) is 5.69 Å². The number of rotatable bonds is 5. The van der Waals surface area contributed by atoms with Crippen LogP contribution < -0.4 is 14.8 Å². The van der Waals surface area contributed by atoms with E-state index < -0.39 is 0 Å². The first kappa shape index (κ1) is 21.3. The molecule has 3 rings (SSSR count). The molecule has 1 saturated heterocycles. The lowest BCUT2D eigenvalue weighted by atomic mass is 10.2. The third-order valence-corrected chi connectivity index (χ3v) is 5.87. The molecule has 148 valence electrons. The number of amides is 1. The number of amidine groups is 1. The molecule has 5 nitrogen and oxygen atoms in total. The Bertz CT molecular complexity index is 1080. The van der Waals surface area contributed by atoms with Gasteiger partial charge in [0, 0.05) is 5.02 Å². The van der Waals surface area contributed by atoms with Crippen LogP contribution in [0.3, 0.4) is 0 Å². The predicted octanol–water partition coefficient (Wildman–Crippen LogP) is 5.32. The van der Waals surface area contributed by atoms with E-state index in [1.165, 1.54) is 18.9 Å². The van der Waals surface area contributed by atoms with Crippen LogP contribution >= 0.6 is 39.3 Å². The Hall–Kier alpha value is -2.40. The third-order valence-electron chi connectivity index (χ3n) is 3.96. The molecule has 2 aromatic rings. The molecule has 0 unspecified atom stereocenters. The number of benzene rings is 2. The van der Waals surface area contributed by atoms with Gasteiger partial charge < -0.3 is 14.8 Å². The molecule has 0 radical (unpaired) electrons. The minimum absolute atomic E-state index is 0.121. The van der Waals surface area contributed by atoms with Crippen LogP contribution in [0.15, 0.2) is 44.7 Å². The van der Waals surface area contributed by atoms with E-state index in [9.17, 15) is 4.79 Å². The number of nitrogens with one attached hydrogen (secondary N) is 1. The van der Waals surface area contributed by atoms with Gasteiger partial charge in [0.25, 0.3) is 5.91 Å². The Kier molecular flexibility index (Phi) is 6.91. The molecule has 1 fully saturated rings. The van der Waals surface area contributed by atoms with Gasteiger partial charge in [0.05, 0.1) is 22.2 Å². The molecule has 8 heteroatoms. The van der Waals surface area contributed by atoms with E-state index in [0.29, 0.717) is 36.8 Å². The van der Waals surface area contributed by atoms with Crippen molar-refractivity contribution in [2.45, 2.75) is 6.92 Å². The predicted molar refractivity (Wildman–Crippen MR) is 122 cm³/mol. The van der Waals surface area contributed by atoms with Gasteiger partial charge in [-0.15, -0.1) is 6.42 Å². The summed E-state index contributed by atoms with van der Waals surface area (Å²) in [5, 5.41) is 3.89. The first-order valence-electron chi connectivity index (χ1n) is 8.41. The van der Waals surface area contributed by atoms with E-state index in [1.807, 2.05) is 25.1 Å². The molecule has 2 aromatic carbocycles. The highest BCUT2D eigenvalue weighted by atomic mass is 79.9. The van der Waals surface area contributed by atoms with Gasteiger partial charge in [0.2, 0.25) is 0 Å². The van der Waals surface area contributed by atoms with Crippen molar-refractivity contribution in [1.29, 1.82) is 0 Å². The van der Waals surface area contributed by atoms with Crippen molar-refractivity contribution >= 4 is 62.1 Å². The molecule has 0 saturated carbocycles. The van der Waals surface area contributed by atoms with Gasteiger partial charge in [-0.2, -0.15) is 0 Å². The zero-order valence-corrected chi connectivity index (χ0v) is 18.7. The highest BCUT2D eigenvalue weighted by molar-refractivity contribution is 9.10. The van der Waals surface area contributed by atoms with Gasteiger partial charge in [0.1, 0.15) is 6.61 Å². The maximum atomic E-state index is 12.4. The van der Waals surface area contributed by atoms with Crippen molar-refractivity contribution in [2.24, 2.45) is 4.99 Å². The summed E-state index contributed by atoms with van der Waals surface area (Å²) in [7, 11) is 1.54. The maximum Gasteiger partial charge on any atom is 0.264 e. The van der Waals surface area contributed by atoms with Crippen LogP contribution in [-0.2, 0) is 4.79 Å². The van der Waals surface area contributed by atoms with Crippen molar-refractivity contribution in [2.75, 3.05) is 13.7 Å². The molecule has 0 aromatic heterocycles. The number of terminal acetylenes is 1. The molecule has 0 bridgehead atoms. The fraction of sp³-hybridized carbons (Fsp3) is 0.143. The molecule has 1 amide bonds. The third kappa shape index (κ3) is 4.96. The van der Waals surface area contributed by atoms with Crippen LogP contribution in [0.2, 0.25) is 5.02 Å². The van der Waals surface area contributed by atoms with Crippen LogP contribution in [0.1, 0.15) is 11.1 Å². The summed E-state index contributed by atoms with van der Waals surface area (Å²) in [4.78, 5) is 17.4. The Morgan fingerprint density at radius 3 is 2.93 bits per heavy atom. The fourth-order valence-corrected chi connectivity index (χ4v) is 4.11. The second kappa shape index (κ2) is 9.40. The SMILES string of the molecule is C#CCOc1c(Br)cc(/C=C2/SC(=Nc3cccc(Cl)c3C)NC2=O)cc1OC. The number of carbonyl (C=O) groups excluding carboxylic acids is 1. The lowest BCUT2D eigenvalue weighted by molar-refractivity contribution is -0.115. The molecule has 1 N–H and O–H groups in total. The largest absolute Gasteiger partial charge is 0.493 e. The highest BCUT2D eigenvalue weighted by Gasteiger charge is 2.24. The maximum absolute atomic E-state index is 12.4. The molecule has 1 aliphatic rings. The van der Waals surface area contributed by atoms with Crippen LogP contribution in [0.5, 0.6) is 11.5 Å². The monoisotopic (exact) mass is 490 g/mol. The smallest absolute Gasteiger partial charge is 0.264 e. The minimum Gasteiger partial charge on any atom is -0.493 e. The van der Waals surface area contributed by atoms with Gasteiger partial charge in [-0.3, -0.25) is 4.79 Å². The second-order valence-electron chi connectivity index (χ2n) is 5.89. The van der Waals surface area contributed by atoms with Crippen molar-refractivity contribution in [3.8, 4) is 23.8 Å². The van der Waals surface area contributed by atoms with E-state index in [2.05, 4.69) is 32.2 Å². The zero-order chi connectivity index (χ0) is 21.0. The van der Waals surface area contributed by atoms with Gasteiger partial charge in [-0.1, -0.05) is 23.6 Å². The Morgan fingerprint density at radius 2 is 2.21 bits per heavy atom. The van der Waals surface area contributed by atoms with E-state index in [0.717, 1.165) is 11.1 Å². The van der Waals surface area contributed by atoms with Crippen LogP contribution in [-0.4, -0.2) is 24.8 Å². The van der Waals surface area contributed by atoms with Gasteiger partial charge in [-0.25, -0.2) is 4.99 Å². The number of aliphatic imine (C=N–C) groups is 1. The first-order chi connectivity index (χ1) is 13.9. The summed E-state index contributed by atoms with van der Waals surface area (Å²) in [5.74, 6) is 3.21. The van der Waals surface area contributed by atoms with E-state index in [4.69, 9.17) is 27.5 Å². The van der Waals surface area contributed by atoms with Gasteiger partial charge in [0.15, 0.2) is 16.7 Å². The minimum atomic E-state index is -0.226. The van der Waals surface area contributed by atoms with Crippen molar-refractivity contribution in [3.63, 3.8) is 0 Å². The number of thioether (sulfide) groups is 1. The lowest BCUT2D eigenvalue weighted by Crippen LogP contribution is -2.19. The number of hydrogen-bond donors (Lipinski definition) is 1. The van der Waals surface area contributed by atoms with Crippen LogP contribution in [0.25, 0.3) is 6.08 Å². The van der Waals surface area contributed by atoms with Crippen molar-refractivity contribution in [1.82, 2.24) is 5.32 Å². The molecule has 0 atom stereocenters. The van der Waals surface area contributed by atoms with Gasteiger partial charge >= 0.3 is 0 Å². The quantitative estimate of drug-likeness (QED) is 0.454. The van der Waals surface area contributed by atoms with Crippen molar-refractivity contribution in [3.05, 3.63) is 55.9 Å². The molecule has 1 aliphatic heterocycles. The number of hydrogen-bond acceptors (Lipinski definition) is 5. The fourth-order valence-electron chi connectivity index (χ4n) is 2.54.